The first-order chi connectivity index (χ1) is 13.7. The zero-order chi connectivity index (χ0) is 19.1. The van der Waals surface area contributed by atoms with E-state index < -0.39 is 0 Å². The highest BCUT2D eigenvalue weighted by Gasteiger charge is 2.50. The number of hydrogen-bond donors (Lipinski definition) is 1. The first-order valence-corrected chi connectivity index (χ1v) is 11.0. The van der Waals surface area contributed by atoms with Gasteiger partial charge in [-0.3, -0.25) is 9.69 Å². The highest BCUT2D eigenvalue weighted by Crippen LogP contribution is 2.42. The fourth-order valence-corrected chi connectivity index (χ4v) is 4.93. The number of aliphatic hydroxyl groups excluding tert-OH is 1. The van der Waals surface area contributed by atoms with Crippen molar-refractivity contribution in [2.45, 2.75) is 56.5 Å². The molecule has 2 heterocycles. The monoisotopic (exact) mass is 378 g/mol. The Hall–Kier alpha value is -1.83. The minimum atomic E-state index is 0.171. The third kappa shape index (κ3) is 3.58. The molecule has 1 N–H and O–H groups in total. The normalized spacial score (nSPS) is 30.3. The molecule has 5 rings (SSSR count). The van der Waals surface area contributed by atoms with E-state index in [1.54, 1.807) is 0 Å². The molecule has 4 heteroatoms. The van der Waals surface area contributed by atoms with Gasteiger partial charge in [0, 0.05) is 48.5 Å². The Bertz CT molecular complexity index is 785. The minimum absolute atomic E-state index is 0.171. The third-order valence-electron chi connectivity index (χ3n) is 6.90. The van der Waals surface area contributed by atoms with Crippen molar-refractivity contribution in [1.29, 1.82) is 0 Å². The van der Waals surface area contributed by atoms with E-state index in [1.165, 1.54) is 18.4 Å². The molecule has 4 nitrogen and oxygen atoms in total. The SMILES string of the molecule is O=C(C1CC1)N1CCCCN2[C@H](CO)[C@H](c3ccc(C#CC4CC4)cc3)[C@@H]2C1. The molecule has 2 aliphatic heterocycles. The largest absolute Gasteiger partial charge is 0.395 e. The molecule has 28 heavy (non-hydrogen) atoms. The van der Waals surface area contributed by atoms with Crippen molar-refractivity contribution in [2.24, 2.45) is 11.8 Å². The van der Waals surface area contributed by atoms with Gasteiger partial charge in [0.25, 0.3) is 0 Å². The number of carbonyl (C=O) groups excluding carboxylic acids is 1. The fourth-order valence-electron chi connectivity index (χ4n) is 4.93. The molecule has 0 spiro atoms. The molecule has 0 bridgehead atoms. The number of rotatable bonds is 3. The van der Waals surface area contributed by atoms with Gasteiger partial charge in [0.1, 0.15) is 0 Å². The summed E-state index contributed by atoms with van der Waals surface area (Å²) in [7, 11) is 0. The van der Waals surface area contributed by atoms with Crippen molar-refractivity contribution in [2.75, 3.05) is 26.2 Å². The summed E-state index contributed by atoms with van der Waals surface area (Å²) in [6.07, 6.45) is 6.80. The quantitative estimate of drug-likeness (QED) is 0.823. The lowest BCUT2D eigenvalue weighted by atomic mass is 9.74. The number of benzene rings is 1. The van der Waals surface area contributed by atoms with Gasteiger partial charge in [0.2, 0.25) is 5.91 Å². The zero-order valence-electron chi connectivity index (χ0n) is 16.5. The summed E-state index contributed by atoms with van der Waals surface area (Å²) < 4.78 is 0. The van der Waals surface area contributed by atoms with E-state index in [1.807, 2.05) is 0 Å². The van der Waals surface area contributed by atoms with E-state index >= 15 is 0 Å². The van der Waals surface area contributed by atoms with Crippen LogP contribution in [0.1, 0.15) is 55.6 Å². The van der Waals surface area contributed by atoms with Crippen LogP contribution in [0.15, 0.2) is 24.3 Å². The summed E-state index contributed by atoms with van der Waals surface area (Å²) in [5, 5.41) is 10.1. The lowest BCUT2D eigenvalue weighted by molar-refractivity contribution is -0.137. The molecule has 1 amide bonds. The average Bonchev–Trinajstić information content (AvgIpc) is 3.59. The van der Waals surface area contributed by atoms with Gasteiger partial charge in [-0.15, -0.1) is 0 Å². The van der Waals surface area contributed by atoms with Crippen molar-refractivity contribution in [1.82, 2.24) is 9.80 Å². The lowest BCUT2D eigenvalue weighted by Gasteiger charge is -2.57. The second-order valence-corrected chi connectivity index (χ2v) is 9.01. The van der Waals surface area contributed by atoms with Crippen molar-refractivity contribution in [3.63, 3.8) is 0 Å². The molecule has 2 saturated carbocycles. The summed E-state index contributed by atoms with van der Waals surface area (Å²) in [6.45, 7) is 2.91. The Morgan fingerprint density at radius 3 is 2.50 bits per heavy atom. The molecule has 1 aromatic carbocycles. The highest BCUT2D eigenvalue weighted by atomic mass is 16.3. The van der Waals surface area contributed by atoms with Crippen LogP contribution in [0, 0.1) is 23.7 Å². The Morgan fingerprint density at radius 1 is 1.07 bits per heavy atom. The maximum atomic E-state index is 12.7. The van der Waals surface area contributed by atoms with E-state index in [-0.39, 0.29) is 18.6 Å². The topological polar surface area (TPSA) is 43.8 Å². The summed E-state index contributed by atoms with van der Waals surface area (Å²) in [6, 6.07) is 9.11. The van der Waals surface area contributed by atoms with Crippen LogP contribution in [0.3, 0.4) is 0 Å². The van der Waals surface area contributed by atoms with Gasteiger partial charge < -0.3 is 10.0 Å². The second-order valence-electron chi connectivity index (χ2n) is 9.01. The van der Waals surface area contributed by atoms with Gasteiger partial charge in [-0.2, -0.15) is 0 Å². The van der Waals surface area contributed by atoms with E-state index in [0.717, 1.165) is 50.9 Å². The summed E-state index contributed by atoms with van der Waals surface area (Å²) in [5.41, 5.74) is 2.35. The predicted molar refractivity (Wildman–Crippen MR) is 109 cm³/mol. The minimum Gasteiger partial charge on any atom is -0.395 e. The fraction of sp³-hybridized carbons (Fsp3) is 0.625. The Balaban J connectivity index is 1.34. The van der Waals surface area contributed by atoms with Crippen LogP contribution in [0.25, 0.3) is 0 Å². The molecular formula is C24H30N2O2. The average molecular weight is 379 g/mol. The molecule has 148 valence electrons. The van der Waals surface area contributed by atoms with Crippen molar-refractivity contribution >= 4 is 5.91 Å². The molecule has 4 fully saturated rings. The molecule has 2 saturated heterocycles. The van der Waals surface area contributed by atoms with Crippen LogP contribution < -0.4 is 0 Å². The van der Waals surface area contributed by atoms with E-state index in [4.69, 9.17) is 0 Å². The van der Waals surface area contributed by atoms with Crippen LogP contribution >= 0.6 is 0 Å². The van der Waals surface area contributed by atoms with Crippen LogP contribution in [0.5, 0.6) is 0 Å². The Morgan fingerprint density at radius 2 is 1.82 bits per heavy atom. The number of nitrogens with zero attached hydrogens (tertiary/aromatic N) is 2. The Kier molecular flexibility index (Phi) is 4.90. The van der Waals surface area contributed by atoms with E-state index in [0.29, 0.717) is 23.8 Å². The molecule has 0 radical (unpaired) electrons. The van der Waals surface area contributed by atoms with Gasteiger partial charge in [-0.25, -0.2) is 0 Å². The summed E-state index contributed by atoms with van der Waals surface area (Å²) >= 11 is 0. The molecule has 3 atom stereocenters. The summed E-state index contributed by atoms with van der Waals surface area (Å²) in [5.74, 6) is 8.16. The maximum Gasteiger partial charge on any atom is 0.225 e. The lowest BCUT2D eigenvalue weighted by Crippen LogP contribution is -2.68. The van der Waals surface area contributed by atoms with Crippen LogP contribution in [0.4, 0.5) is 0 Å². The molecule has 4 aliphatic rings. The van der Waals surface area contributed by atoms with Gasteiger partial charge in [-0.1, -0.05) is 24.0 Å². The van der Waals surface area contributed by atoms with E-state index in [2.05, 4.69) is 45.9 Å². The van der Waals surface area contributed by atoms with Gasteiger partial charge in [0.05, 0.1) is 6.61 Å². The van der Waals surface area contributed by atoms with Crippen LogP contribution in [-0.2, 0) is 4.79 Å². The number of amides is 1. The summed E-state index contributed by atoms with van der Waals surface area (Å²) in [4.78, 5) is 17.3. The Labute approximate surface area is 167 Å². The number of hydrogen-bond acceptors (Lipinski definition) is 3. The van der Waals surface area contributed by atoms with Gasteiger partial charge in [-0.05, 0) is 62.8 Å². The highest BCUT2D eigenvalue weighted by molar-refractivity contribution is 5.81. The van der Waals surface area contributed by atoms with Crippen molar-refractivity contribution < 1.29 is 9.90 Å². The van der Waals surface area contributed by atoms with Gasteiger partial charge in [0.15, 0.2) is 0 Å². The smallest absolute Gasteiger partial charge is 0.225 e. The van der Waals surface area contributed by atoms with Gasteiger partial charge >= 0.3 is 0 Å². The van der Waals surface area contributed by atoms with Crippen molar-refractivity contribution in [3.05, 3.63) is 35.4 Å². The first kappa shape index (κ1) is 18.2. The molecule has 0 aromatic heterocycles. The first-order valence-electron chi connectivity index (χ1n) is 11.0. The maximum absolute atomic E-state index is 12.7. The number of aliphatic hydroxyl groups is 1. The van der Waals surface area contributed by atoms with Crippen LogP contribution in [-0.4, -0.2) is 59.1 Å². The molecule has 1 aromatic rings. The predicted octanol–water partition coefficient (Wildman–Crippen LogP) is 2.61. The molecule has 0 unspecified atom stereocenters. The standard InChI is InChI=1S/C24H30N2O2/c27-16-22-23(19-9-7-18(8-10-19)6-5-17-3-4-17)21-15-25(24(28)20-11-12-20)13-1-2-14-26(21)22/h7-10,17,20-23,27H,1-4,11-16H2/t21-,22+,23+/m0/s1. The molecular weight excluding hydrogens is 348 g/mol. The third-order valence-corrected chi connectivity index (χ3v) is 6.90. The zero-order valence-corrected chi connectivity index (χ0v) is 16.5. The number of fused-ring (bicyclic) bond motifs is 1. The number of carbonyl (C=O) groups is 1. The second kappa shape index (κ2) is 7.54. The van der Waals surface area contributed by atoms with E-state index in [9.17, 15) is 9.90 Å². The van der Waals surface area contributed by atoms with Crippen LogP contribution in [0.2, 0.25) is 0 Å². The van der Waals surface area contributed by atoms with Crippen molar-refractivity contribution in [3.8, 4) is 11.8 Å². The molecule has 2 aliphatic carbocycles.